The summed E-state index contributed by atoms with van der Waals surface area (Å²) in [6.45, 7) is 9.66. The first kappa shape index (κ1) is 23.4. The highest BCUT2D eigenvalue weighted by molar-refractivity contribution is 7.08. The van der Waals surface area contributed by atoms with Crippen LogP contribution in [0.4, 0.5) is 0 Å². The number of hydrogen-bond acceptors (Lipinski definition) is 3. The third kappa shape index (κ3) is 8.59. The minimum atomic E-state index is 0.136. The van der Waals surface area contributed by atoms with E-state index in [-0.39, 0.29) is 12.0 Å². The van der Waals surface area contributed by atoms with Crippen LogP contribution in [-0.2, 0) is 0 Å². The molecule has 0 aliphatic carbocycles. The highest BCUT2D eigenvalue weighted by Crippen LogP contribution is 2.30. The average Bonchev–Trinajstić information content (AvgIpc) is 3.21. The van der Waals surface area contributed by atoms with Gasteiger partial charge in [-0.05, 0) is 83.7 Å². The van der Waals surface area contributed by atoms with Crippen molar-refractivity contribution in [3.8, 4) is 16.9 Å². The molecule has 0 bridgehead atoms. The van der Waals surface area contributed by atoms with E-state index < -0.39 is 0 Å². The molecule has 0 radical (unpaired) electrons. The second kappa shape index (κ2) is 12.0. The molecule has 0 aliphatic heterocycles. The minimum absolute atomic E-state index is 0.136. The van der Waals surface area contributed by atoms with Crippen molar-refractivity contribution >= 4 is 11.3 Å². The van der Waals surface area contributed by atoms with E-state index >= 15 is 0 Å². The van der Waals surface area contributed by atoms with E-state index in [4.69, 9.17) is 4.74 Å². The molecule has 0 amide bonds. The summed E-state index contributed by atoms with van der Waals surface area (Å²) in [5, 5.41) is 14.1. The monoisotopic (exact) mass is 412 g/mol. The number of rotatable bonds is 11. The quantitative estimate of drug-likeness (QED) is 0.305. The molecule has 1 unspecified atom stereocenters. The Morgan fingerprint density at radius 2 is 2.00 bits per heavy atom. The van der Waals surface area contributed by atoms with E-state index in [9.17, 15) is 5.11 Å². The molecule has 1 aromatic carbocycles. The first-order chi connectivity index (χ1) is 13.9. The van der Waals surface area contributed by atoms with Gasteiger partial charge in [-0.15, -0.1) is 0 Å². The predicted molar refractivity (Wildman–Crippen MR) is 127 cm³/mol. The van der Waals surface area contributed by atoms with Gasteiger partial charge in [0.05, 0.1) is 13.2 Å². The second-order valence-electron chi connectivity index (χ2n) is 8.72. The van der Waals surface area contributed by atoms with Gasteiger partial charge in [-0.2, -0.15) is 11.3 Å². The molecule has 0 saturated heterocycles. The number of aliphatic hydroxyl groups is 1. The molecule has 0 spiro atoms. The summed E-state index contributed by atoms with van der Waals surface area (Å²) in [6.07, 6.45) is 10.6. The molecule has 1 heterocycles. The lowest BCUT2D eigenvalue weighted by Crippen LogP contribution is -2.15. The van der Waals surface area contributed by atoms with Gasteiger partial charge in [-0.3, -0.25) is 0 Å². The highest BCUT2D eigenvalue weighted by Gasteiger charge is 2.19. The Hall–Kier alpha value is -1.84. The van der Waals surface area contributed by atoms with Crippen molar-refractivity contribution in [1.29, 1.82) is 0 Å². The van der Waals surface area contributed by atoms with Crippen LogP contribution in [0, 0.1) is 11.3 Å². The lowest BCUT2D eigenvalue weighted by molar-refractivity contribution is 0.291. The summed E-state index contributed by atoms with van der Waals surface area (Å²) in [4.78, 5) is 0. The van der Waals surface area contributed by atoms with E-state index in [1.54, 1.807) is 11.3 Å². The number of ether oxygens (including phenoxy) is 1. The molecular formula is C26H36O2S. The van der Waals surface area contributed by atoms with Crippen LogP contribution in [-0.4, -0.2) is 18.3 Å². The fraction of sp³-hybridized carbons (Fsp3) is 0.462. The van der Waals surface area contributed by atoms with E-state index in [0.717, 1.165) is 43.6 Å². The SMILES string of the molecule is C/C=C/C(CC(C)(C)C)/C(=C\CCCCOc1cccc(-c2ccsc2)c1)CO. The Morgan fingerprint density at radius 1 is 1.17 bits per heavy atom. The maximum Gasteiger partial charge on any atom is 0.119 e. The Bertz CT molecular complexity index is 766. The molecule has 2 aromatic rings. The number of unbranched alkanes of at least 4 members (excludes halogenated alkanes) is 2. The van der Waals surface area contributed by atoms with Gasteiger partial charge in [0.2, 0.25) is 0 Å². The zero-order chi connectivity index (χ0) is 21.1. The van der Waals surface area contributed by atoms with Crippen LogP contribution in [0.15, 0.2) is 64.9 Å². The fourth-order valence-electron chi connectivity index (χ4n) is 3.47. The Morgan fingerprint density at radius 3 is 2.66 bits per heavy atom. The molecule has 29 heavy (non-hydrogen) atoms. The molecule has 0 fully saturated rings. The number of benzene rings is 1. The normalized spacial score (nSPS) is 13.8. The third-order valence-corrected chi connectivity index (χ3v) is 5.56. The van der Waals surface area contributed by atoms with Gasteiger partial charge in [0.15, 0.2) is 0 Å². The molecule has 158 valence electrons. The van der Waals surface area contributed by atoms with Crippen LogP contribution >= 0.6 is 11.3 Å². The first-order valence-corrected chi connectivity index (χ1v) is 11.6. The van der Waals surface area contributed by atoms with Gasteiger partial charge >= 0.3 is 0 Å². The Balaban J connectivity index is 1.79. The smallest absolute Gasteiger partial charge is 0.119 e. The number of thiophene rings is 1. The molecule has 2 nitrogen and oxygen atoms in total. The summed E-state index contributed by atoms with van der Waals surface area (Å²) in [5.74, 6) is 1.25. The van der Waals surface area contributed by atoms with Crippen molar-refractivity contribution < 1.29 is 9.84 Å². The largest absolute Gasteiger partial charge is 0.494 e. The van der Waals surface area contributed by atoms with Crippen molar-refractivity contribution in [2.24, 2.45) is 11.3 Å². The molecule has 2 rings (SSSR count). The van der Waals surface area contributed by atoms with Crippen molar-refractivity contribution in [1.82, 2.24) is 0 Å². The van der Waals surface area contributed by atoms with Gasteiger partial charge < -0.3 is 9.84 Å². The molecule has 0 saturated carbocycles. The zero-order valence-corrected chi connectivity index (χ0v) is 19.2. The van der Waals surface area contributed by atoms with E-state index in [2.05, 4.69) is 80.9 Å². The van der Waals surface area contributed by atoms with Crippen LogP contribution in [0.1, 0.15) is 53.4 Å². The van der Waals surface area contributed by atoms with E-state index in [1.165, 1.54) is 11.1 Å². The topological polar surface area (TPSA) is 29.5 Å². The lowest BCUT2D eigenvalue weighted by atomic mass is 9.81. The fourth-order valence-corrected chi connectivity index (χ4v) is 4.13. The average molecular weight is 413 g/mol. The summed E-state index contributed by atoms with van der Waals surface area (Å²) >= 11 is 1.71. The van der Waals surface area contributed by atoms with Crippen LogP contribution in [0.25, 0.3) is 11.1 Å². The summed E-state index contributed by atoms with van der Waals surface area (Å²) in [6, 6.07) is 10.4. The minimum Gasteiger partial charge on any atom is -0.494 e. The van der Waals surface area contributed by atoms with Crippen LogP contribution < -0.4 is 4.74 Å². The maximum atomic E-state index is 9.85. The number of allylic oxidation sites excluding steroid dienone is 3. The van der Waals surface area contributed by atoms with Crippen molar-refractivity contribution in [3.63, 3.8) is 0 Å². The number of aliphatic hydroxyl groups excluding tert-OH is 1. The highest BCUT2D eigenvalue weighted by atomic mass is 32.1. The first-order valence-electron chi connectivity index (χ1n) is 10.6. The summed E-state index contributed by atoms with van der Waals surface area (Å²) in [7, 11) is 0. The van der Waals surface area contributed by atoms with Crippen LogP contribution in [0.5, 0.6) is 5.75 Å². The van der Waals surface area contributed by atoms with E-state index in [1.807, 2.05) is 6.07 Å². The van der Waals surface area contributed by atoms with Gasteiger partial charge in [0, 0.05) is 5.92 Å². The number of hydrogen-bond donors (Lipinski definition) is 1. The summed E-state index contributed by atoms with van der Waals surface area (Å²) < 4.78 is 5.95. The van der Waals surface area contributed by atoms with Crippen LogP contribution in [0.2, 0.25) is 0 Å². The second-order valence-corrected chi connectivity index (χ2v) is 9.50. The lowest BCUT2D eigenvalue weighted by Gasteiger charge is -2.25. The van der Waals surface area contributed by atoms with Gasteiger partial charge in [-0.1, -0.05) is 51.1 Å². The molecule has 1 aromatic heterocycles. The Labute approximate surface area is 180 Å². The van der Waals surface area contributed by atoms with Crippen molar-refractivity contribution in [3.05, 3.63) is 64.9 Å². The Kier molecular flexibility index (Phi) is 9.69. The molecular weight excluding hydrogens is 376 g/mol. The van der Waals surface area contributed by atoms with E-state index in [0.29, 0.717) is 5.92 Å². The maximum absolute atomic E-state index is 9.85. The predicted octanol–water partition coefficient (Wildman–Crippen LogP) is 7.51. The molecule has 3 heteroatoms. The van der Waals surface area contributed by atoms with Gasteiger partial charge in [-0.25, -0.2) is 0 Å². The molecule has 1 N–H and O–H groups in total. The third-order valence-electron chi connectivity index (χ3n) is 4.88. The zero-order valence-electron chi connectivity index (χ0n) is 18.4. The van der Waals surface area contributed by atoms with Gasteiger partial charge in [0.25, 0.3) is 0 Å². The molecule has 0 aliphatic rings. The van der Waals surface area contributed by atoms with Crippen molar-refractivity contribution in [2.45, 2.75) is 53.4 Å². The standard InChI is InChI=1S/C26H36O2S/c1-5-10-22(18-26(2,3)4)23(19-27)11-7-6-8-15-28-25-13-9-12-21(17-25)24-14-16-29-20-24/h5,9-14,16-17,20,22,27H,6-8,15,18-19H2,1-4H3/b10-5+,23-11-. The van der Waals surface area contributed by atoms with Crippen LogP contribution in [0.3, 0.4) is 0 Å². The van der Waals surface area contributed by atoms with Crippen molar-refractivity contribution in [2.75, 3.05) is 13.2 Å². The van der Waals surface area contributed by atoms with Gasteiger partial charge in [0.1, 0.15) is 5.75 Å². The molecule has 1 atom stereocenters. The summed E-state index contributed by atoms with van der Waals surface area (Å²) in [5.41, 5.74) is 3.83.